The van der Waals surface area contributed by atoms with Crippen molar-refractivity contribution >= 4 is 11.6 Å². The van der Waals surface area contributed by atoms with Crippen LogP contribution in [-0.4, -0.2) is 20.6 Å². The lowest BCUT2D eigenvalue weighted by molar-refractivity contribution is 0.588. The first-order valence-corrected chi connectivity index (χ1v) is 6.90. The van der Waals surface area contributed by atoms with Crippen LogP contribution in [0, 0.1) is 0 Å². The highest BCUT2D eigenvalue weighted by Crippen LogP contribution is 2.18. The summed E-state index contributed by atoms with van der Waals surface area (Å²) in [6, 6.07) is 2.44. The van der Waals surface area contributed by atoms with Crippen LogP contribution in [0.1, 0.15) is 32.2 Å². The maximum Gasteiger partial charge on any atom is 0.138 e. The lowest BCUT2D eigenvalue weighted by Crippen LogP contribution is -2.22. The summed E-state index contributed by atoms with van der Waals surface area (Å²) in [5.74, 6) is 1.86. The molecule has 0 saturated carbocycles. The SMILES string of the molecule is CCc1nccn1-c1cc(CNC(C)C)c(Cl)cn1. The molecule has 0 fully saturated rings. The van der Waals surface area contributed by atoms with Crippen LogP contribution in [-0.2, 0) is 13.0 Å². The third-order valence-corrected chi connectivity index (χ3v) is 3.24. The number of halogens is 1. The fourth-order valence-corrected chi connectivity index (χ4v) is 2.02. The van der Waals surface area contributed by atoms with Crippen LogP contribution in [0.2, 0.25) is 5.02 Å². The molecule has 0 aliphatic heterocycles. The van der Waals surface area contributed by atoms with Crippen molar-refractivity contribution in [2.45, 2.75) is 39.8 Å². The molecule has 102 valence electrons. The maximum atomic E-state index is 6.19. The lowest BCUT2D eigenvalue weighted by atomic mass is 10.2. The molecule has 4 nitrogen and oxygen atoms in total. The average Bonchev–Trinajstić information content (AvgIpc) is 2.86. The number of nitrogens with zero attached hydrogens (tertiary/aromatic N) is 3. The van der Waals surface area contributed by atoms with Gasteiger partial charge in [-0.15, -0.1) is 0 Å². The molecule has 0 amide bonds. The molecule has 0 aliphatic rings. The van der Waals surface area contributed by atoms with Gasteiger partial charge in [-0.25, -0.2) is 9.97 Å². The van der Waals surface area contributed by atoms with Crippen molar-refractivity contribution in [1.29, 1.82) is 0 Å². The summed E-state index contributed by atoms with van der Waals surface area (Å²) < 4.78 is 2.00. The number of aryl methyl sites for hydroxylation is 1. The van der Waals surface area contributed by atoms with E-state index in [4.69, 9.17) is 11.6 Å². The molecule has 0 unspecified atom stereocenters. The fourth-order valence-electron chi connectivity index (χ4n) is 1.85. The van der Waals surface area contributed by atoms with Crippen LogP contribution >= 0.6 is 11.6 Å². The van der Waals surface area contributed by atoms with Crippen molar-refractivity contribution in [3.05, 3.63) is 41.1 Å². The molecule has 0 saturated heterocycles. The van der Waals surface area contributed by atoms with E-state index >= 15 is 0 Å². The van der Waals surface area contributed by atoms with Crippen LogP contribution in [0.3, 0.4) is 0 Å². The summed E-state index contributed by atoms with van der Waals surface area (Å²) in [6.45, 7) is 7.04. The molecule has 5 heteroatoms. The van der Waals surface area contributed by atoms with Gasteiger partial charge in [-0.1, -0.05) is 32.4 Å². The van der Waals surface area contributed by atoms with Crippen molar-refractivity contribution in [1.82, 2.24) is 19.9 Å². The summed E-state index contributed by atoms with van der Waals surface area (Å²) in [5.41, 5.74) is 1.05. The Morgan fingerprint density at radius 1 is 1.37 bits per heavy atom. The molecule has 0 bridgehead atoms. The Labute approximate surface area is 118 Å². The zero-order valence-electron chi connectivity index (χ0n) is 11.5. The molecule has 2 aromatic heterocycles. The molecule has 19 heavy (non-hydrogen) atoms. The molecule has 0 aliphatic carbocycles. The van der Waals surface area contributed by atoms with Gasteiger partial charge in [0.1, 0.15) is 11.6 Å². The summed E-state index contributed by atoms with van der Waals surface area (Å²) in [7, 11) is 0. The molecule has 0 atom stereocenters. The van der Waals surface area contributed by atoms with Crippen molar-refractivity contribution in [3.8, 4) is 5.82 Å². The number of nitrogens with one attached hydrogen (secondary N) is 1. The number of hydrogen-bond acceptors (Lipinski definition) is 3. The van der Waals surface area contributed by atoms with Crippen molar-refractivity contribution in [2.24, 2.45) is 0 Å². The van der Waals surface area contributed by atoms with Gasteiger partial charge in [0.25, 0.3) is 0 Å². The third kappa shape index (κ3) is 3.33. The van der Waals surface area contributed by atoms with Gasteiger partial charge in [-0.2, -0.15) is 0 Å². The number of hydrogen-bond donors (Lipinski definition) is 1. The largest absolute Gasteiger partial charge is 0.310 e. The van der Waals surface area contributed by atoms with E-state index in [9.17, 15) is 0 Å². The number of rotatable bonds is 5. The summed E-state index contributed by atoms with van der Waals surface area (Å²) in [5, 5.41) is 4.06. The second-order valence-electron chi connectivity index (χ2n) is 4.74. The minimum Gasteiger partial charge on any atom is -0.310 e. The van der Waals surface area contributed by atoms with Gasteiger partial charge in [-0.3, -0.25) is 4.57 Å². The zero-order valence-corrected chi connectivity index (χ0v) is 12.3. The van der Waals surface area contributed by atoms with Crippen LogP contribution in [0.15, 0.2) is 24.7 Å². The van der Waals surface area contributed by atoms with E-state index in [2.05, 4.69) is 36.1 Å². The molecule has 0 radical (unpaired) electrons. The highest BCUT2D eigenvalue weighted by molar-refractivity contribution is 6.31. The molecule has 1 N–H and O–H groups in total. The highest BCUT2D eigenvalue weighted by Gasteiger charge is 2.08. The minimum absolute atomic E-state index is 0.423. The van der Waals surface area contributed by atoms with E-state index < -0.39 is 0 Å². The molecule has 2 rings (SSSR count). The Bertz CT molecular complexity index is 548. The molecule has 0 aromatic carbocycles. The third-order valence-electron chi connectivity index (χ3n) is 2.90. The first-order valence-electron chi connectivity index (χ1n) is 6.52. The molecule has 2 aromatic rings. The molecule has 0 spiro atoms. The van der Waals surface area contributed by atoms with Gasteiger partial charge in [-0.05, 0) is 11.6 Å². The predicted molar refractivity (Wildman–Crippen MR) is 77.7 cm³/mol. The van der Waals surface area contributed by atoms with Gasteiger partial charge >= 0.3 is 0 Å². The van der Waals surface area contributed by atoms with Crippen LogP contribution in [0.5, 0.6) is 0 Å². The lowest BCUT2D eigenvalue weighted by Gasteiger charge is -2.12. The molecular formula is C14H19ClN4. The van der Waals surface area contributed by atoms with Gasteiger partial charge in [0.15, 0.2) is 0 Å². The Balaban J connectivity index is 2.30. The van der Waals surface area contributed by atoms with Crippen molar-refractivity contribution in [3.63, 3.8) is 0 Å². The first kappa shape index (κ1) is 14.0. The van der Waals surface area contributed by atoms with E-state index in [1.165, 1.54) is 0 Å². The average molecular weight is 279 g/mol. The monoisotopic (exact) mass is 278 g/mol. The highest BCUT2D eigenvalue weighted by atomic mass is 35.5. The van der Waals surface area contributed by atoms with E-state index in [0.717, 1.165) is 30.2 Å². The maximum absolute atomic E-state index is 6.19. The Morgan fingerprint density at radius 3 is 2.84 bits per heavy atom. The Kier molecular flexibility index (Phi) is 4.56. The quantitative estimate of drug-likeness (QED) is 0.914. The Morgan fingerprint density at radius 2 is 2.16 bits per heavy atom. The van der Waals surface area contributed by atoms with Crippen LogP contribution < -0.4 is 5.32 Å². The zero-order chi connectivity index (χ0) is 13.8. The van der Waals surface area contributed by atoms with E-state index in [0.29, 0.717) is 11.1 Å². The first-order chi connectivity index (χ1) is 9.11. The van der Waals surface area contributed by atoms with Gasteiger partial charge in [0.05, 0.1) is 5.02 Å². The Hall–Kier alpha value is -1.39. The number of aromatic nitrogens is 3. The van der Waals surface area contributed by atoms with Crippen molar-refractivity contribution < 1.29 is 0 Å². The van der Waals surface area contributed by atoms with Crippen molar-refractivity contribution in [2.75, 3.05) is 0 Å². The molecular weight excluding hydrogens is 260 g/mol. The van der Waals surface area contributed by atoms with Crippen LogP contribution in [0.25, 0.3) is 5.82 Å². The number of pyridine rings is 1. The standard InChI is InChI=1S/C14H19ClN4/c1-4-13-16-5-6-19(13)14-7-11(8-17-10(2)3)12(15)9-18-14/h5-7,9-10,17H,4,8H2,1-3H3. The minimum atomic E-state index is 0.423. The van der Waals surface area contributed by atoms with Gasteiger partial charge in [0, 0.05) is 37.6 Å². The summed E-state index contributed by atoms with van der Waals surface area (Å²) in [6.07, 6.45) is 6.29. The van der Waals surface area contributed by atoms with E-state index in [1.807, 2.05) is 16.8 Å². The van der Waals surface area contributed by atoms with Gasteiger partial charge in [0.2, 0.25) is 0 Å². The normalized spacial score (nSPS) is 11.2. The molecule has 2 heterocycles. The van der Waals surface area contributed by atoms with Gasteiger partial charge < -0.3 is 5.32 Å². The second kappa shape index (κ2) is 6.17. The predicted octanol–water partition coefficient (Wildman–Crippen LogP) is 2.98. The number of imidazole rings is 1. The van der Waals surface area contributed by atoms with Crippen LogP contribution in [0.4, 0.5) is 0 Å². The van der Waals surface area contributed by atoms with E-state index in [1.54, 1.807) is 12.4 Å². The smallest absolute Gasteiger partial charge is 0.138 e. The van der Waals surface area contributed by atoms with E-state index in [-0.39, 0.29) is 0 Å². The topological polar surface area (TPSA) is 42.7 Å². The summed E-state index contributed by atoms with van der Waals surface area (Å²) >= 11 is 6.19. The summed E-state index contributed by atoms with van der Waals surface area (Å²) in [4.78, 5) is 8.69. The fraction of sp³-hybridized carbons (Fsp3) is 0.429. The second-order valence-corrected chi connectivity index (χ2v) is 5.14.